The lowest BCUT2D eigenvalue weighted by molar-refractivity contribution is -0.124. The molecule has 0 saturated heterocycles. The van der Waals surface area contributed by atoms with Crippen LogP contribution >= 0.6 is 0 Å². The smallest absolute Gasteiger partial charge is 0.245 e. The Labute approximate surface area is 67.8 Å². The zero-order valence-electron chi connectivity index (χ0n) is 7.48. The first kappa shape index (κ1) is 10.4. The molecular weight excluding hydrogens is 142 g/mol. The molecule has 0 atom stereocenters. The third-order valence-electron chi connectivity index (χ3n) is 1.86. The molecule has 0 saturated carbocycles. The fourth-order valence-electron chi connectivity index (χ4n) is 0.519. The van der Waals surface area contributed by atoms with Crippen molar-refractivity contribution in [2.75, 3.05) is 13.2 Å². The van der Waals surface area contributed by atoms with Crippen LogP contribution in [0, 0.1) is 5.41 Å². The molecule has 0 aliphatic rings. The van der Waals surface area contributed by atoms with Crippen molar-refractivity contribution in [3.05, 3.63) is 0 Å². The van der Waals surface area contributed by atoms with E-state index in [1.165, 1.54) is 0 Å². The molecule has 0 spiro atoms. The average Bonchev–Trinajstić information content (AvgIpc) is 2.00. The first-order valence-corrected chi connectivity index (χ1v) is 3.89. The number of amides is 1. The van der Waals surface area contributed by atoms with E-state index in [0.717, 1.165) is 6.42 Å². The first-order chi connectivity index (χ1) is 5.02. The van der Waals surface area contributed by atoms with Crippen LogP contribution in [0.25, 0.3) is 0 Å². The van der Waals surface area contributed by atoms with E-state index in [1.807, 2.05) is 0 Å². The number of hydrogen-bond acceptors (Lipinski definition) is 2. The standard InChI is InChI=1S/C8H17NO2/c1-4-8(2,3)6-9-7(11)5-10/h10H,4-6H2,1-3H3,(H,9,11). The molecule has 0 fully saturated rings. The van der Waals surface area contributed by atoms with Crippen LogP contribution in [-0.4, -0.2) is 24.2 Å². The van der Waals surface area contributed by atoms with E-state index in [-0.39, 0.29) is 11.3 Å². The second kappa shape index (κ2) is 4.34. The molecule has 0 radical (unpaired) electrons. The third kappa shape index (κ3) is 4.79. The average molecular weight is 159 g/mol. The molecule has 1 amide bonds. The van der Waals surface area contributed by atoms with Gasteiger partial charge < -0.3 is 10.4 Å². The van der Waals surface area contributed by atoms with Crippen LogP contribution in [0.1, 0.15) is 27.2 Å². The maximum atomic E-state index is 10.6. The third-order valence-corrected chi connectivity index (χ3v) is 1.86. The molecule has 0 aliphatic heterocycles. The predicted molar refractivity (Wildman–Crippen MR) is 44.2 cm³/mol. The number of carbonyl (C=O) groups excluding carboxylic acids is 1. The van der Waals surface area contributed by atoms with Gasteiger partial charge in [-0.2, -0.15) is 0 Å². The maximum Gasteiger partial charge on any atom is 0.245 e. The number of rotatable bonds is 4. The van der Waals surface area contributed by atoms with Crippen LogP contribution in [0.15, 0.2) is 0 Å². The van der Waals surface area contributed by atoms with Gasteiger partial charge in [-0.15, -0.1) is 0 Å². The highest BCUT2D eigenvalue weighted by Crippen LogP contribution is 2.17. The topological polar surface area (TPSA) is 49.3 Å². The molecule has 11 heavy (non-hydrogen) atoms. The van der Waals surface area contributed by atoms with Crippen molar-refractivity contribution < 1.29 is 9.90 Å². The van der Waals surface area contributed by atoms with Gasteiger partial charge in [0, 0.05) is 6.54 Å². The molecule has 0 aliphatic carbocycles. The number of aliphatic hydroxyl groups excluding tert-OH is 1. The molecule has 3 heteroatoms. The zero-order chi connectivity index (χ0) is 8.91. The van der Waals surface area contributed by atoms with Crippen molar-refractivity contribution in [3.8, 4) is 0 Å². The largest absolute Gasteiger partial charge is 0.387 e. The van der Waals surface area contributed by atoms with Gasteiger partial charge in [0.25, 0.3) is 0 Å². The lowest BCUT2D eigenvalue weighted by atomic mass is 9.90. The monoisotopic (exact) mass is 159 g/mol. The molecule has 0 heterocycles. The minimum Gasteiger partial charge on any atom is -0.387 e. The maximum absolute atomic E-state index is 10.6. The predicted octanol–water partition coefficient (Wildman–Crippen LogP) is 0.531. The Bertz CT molecular complexity index is 132. The van der Waals surface area contributed by atoms with Crippen LogP contribution in [-0.2, 0) is 4.79 Å². The summed E-state index contributed by atoms with van der Waals surface area (Å²) in [6.07, 6.45) is 1.01. The number of carbonyl (C=O) groups is 1. The second-order valence-electron chi connectivity index (χ2n) is 3.45. The molecule has 0 aromatic heterocycles. The fraction of sp³-hybridized carbons (Fsp3) is 0.875. The van der Waals surface area contributed by atoms with E-state index in [1.54, 1.807) is 0 Å². The highest BCUT2D eigenvalue weighted by Gasteiger charge is 2.15. The second-order valence-corrected chi connectivity index (χ2v) is 3.45. The molecule has 0 rings (SSSR count). The van der Waals surface area contributed by atoms with Gasteiger partial charge in [0.1, 0.15) is 6.61 Å². The minimum atomic E-state index is -0.417. The van der Waals surface area contributed by atoms with Crippen molar-refractivity contribution in [2.45, 2.75) is 27.2 Å². The van der Waals surface area contributed by atoms with E-state index >= 15 is 0 Å². The first-order valence-electron chi connectivity index (χ1n) is 3.89. The Morgan fingerprint density at radius 1 is 1.55 bits per heavy atom. The number of nitrogens with one attached hydrogen (secondary N) is 1. The van der Waals surface area contributed by atoms with Gasteiger partial charge >= 0.3 is 0 Å². The molecule has 0 aromatic rings. The zero-order valence-corrected chi connectivity index (χ0v) is 7.48. The van der Waals surface area contributed by atoms with Gasteiger partial charge in [-0.3, -0.25) is 4.79 Å². The summed E-state index contributed by atoms with van der Waals surface area (Å²) < 4.78 is 0. The Balaban J connectivity index is 3.61. The van der Waals surface area contributed by atoms with Crippen LogP contribution in [0.2, 0.25) is 0 Å². The van der Waals surface area contributed by atoms with Crippen molar-refractivity contribution in [1.29, 1.82) is 0 Å². The highest BCUT2D eigenvalue weighted by molar-refractivity contribution is 5.76. The Morgan fingerprint density at radius 3 is 2.45 bits per heavy atom. The van der Waals surface area contributed by atoms with Crippen LogP contribution in [0.3, 0.4) is 0 Å². The molecule has 0 unspecified atom stereocenters. The fourth-order valence-corrected chi connectivity index (χ4v) is 0.519. The van der Waals surface area contributed by atoms with E-state index in [9.17, 15) is 4.79 Å². The van der Waals surface area contributed by atoms with Crippen molar-refractivity contribution in [2.24, 2.45) is 5.41 Å². The number of aliphatic hydroxyl groups is 1. The van der Waals surface area contributed by atoms with E-state index in [4.69, 9.17) is 5.11 Å². The molecule has 2 N–H and O–H groups in total. The van der Waals surface area contributed by atoms with Crippen molar-refractivity contribution in [3.63, 3.8) is 0 Å². The SMILES string of the molecule is CCC(C)(C)CNC(=O)CO. The van der Waals surface area contributed by atoms with Gasteiger partial charge in [0.15, 0.2) is 0 Å². The molecule has 0 aromatic carbocycles. The Morgan fingerprint density at radius 2 is 2.09 bits per heavy atom. The molecule has 66 valence electrons. The lowest BCUT2D eigenvalue weighted by Gasteiger charge is -2.22. The quantitative estimate of drug-likeness (QED) is 0.628. The van der Waals surface area contributed by atoms with Gasteiger partial charge in [0.05, 0.1) is 0 Å². The lowest BCUT2D eigenvalue weighted by Crippen LogP contribution is -2.35. The van der Waals surface area contributed by atoms with Crippen LogP contribution < -0.4 is 5.32 Å². The summed E-state index contributed by atoms with van der Waals surface area (Å²) in [6, 6.07) is 0. The van der Waals surface area contributed by atoms with Crippen LogP contribution in [0.5, 0.6) is 0 Å². The van der Waals surface area contributed by atoms with E-state index < -0.39 is 6.61 Å². The molecular formula is C8H17NO2. The van der Waals surface area contributed by atoms with E-state index in [2.05, 4.69) is 26.1 Å². The summed E-state index contributed by atoms with van der Waals surface area (Å²) >= 11 is 0. The summed E-state index contributed by atoms with van der Waals surface area (Å²) in [5, 5.41) is 11.0. The minimum absolute atomic E-state index is 0.130. The van der Waals surface area contributed by atoms with Crippen molar-refractivity contribution >= 4 is 5.91 Å². The van der Waals surface area contributed by atoms with Gasteiger partial charge in [0.2, 0.25) is 5.91 Å². The summed E-state index contributed by atoms with van der Waals surface area (Å²) in [6.45, 7) is 6.43. The van der Waals surface area contributed by atoms with Gasteiger partial charge in [-0.1, -0.05) is 20.8 Å². The highest BCUT2D eigenvalue weighted by atomic mass is 16.3. The van der Waals surface area contributed by atoms with Crippen molar-refractivity contribution in [1.82, 2.24) is 5.32 Å². The normalized spacial score (nSPS) is 11.3. The summed E-state index contributed by atoms with van der Waals surface area (Å²) in [5.41, 5.74) is 0.130. The molecule has 0 bridgehead atoms. The summed E-state index contributed by atoms with van der Waals surface area (Å²) in [4.78, 5) is 10.6. The number of hydrogen-bond donors (Lipinski definition) is 2. The Hall–Kier alpha value is -0.570. The van der Waals surface area contributed by atoms with E-state index in [0.29, 0.717) is 6.54 Å². The molecule has 3 nitrogen and oxygen atoms in total. The summed E-state index contributed by atoms with van der Waals surface area (Å²) in [7, 11) is 0. The van der Waals surface area contributed by atoms with Gasteiger partial charge in [-0.05, 0) is 11.8 Å². The summed E-state index contributed by atoms with van der Waals surface area (Å²) in [5.74, 6) is -0.300. The Kier molecular flexibility index (Phi) is 4.11. The van der Waals surface area contributed by atoms with Gasteiger partial charge in [-0.25, -0.2) is 0 Å². The van der Waals surface area contributed by atoms with Crippen LogP contribution in [0.4, 0.5) is 0 Å².